The van der Waals surface area contributed by atoms with Crippen LogP contribution in [0.15, 0.2) is 66.4 Å². The zero-order chi connectivity index (χ0) is 28.3. The van der Waals surface area contributed by atoms with Gasteiger partial charge in [-0.05, 0) is 75.8 Å². The van der Waals surface area contributed by atoms with Crippen LogP contribution in [-0.2, 0) is 0 Å². The molecule has 0 radical (unpaired) electrons. The van der Waals surface area contributed by atoms with Gasteiger partial charge in [0.25, 0.3) is 5.91 Å². The van der Waals surface area contributed by atoms with Gasteiger partial charge in [0.15, 0.2) is 5.65 Å². The molecule has 0 aromatic carbocycles. The van der Waals surface area contributed by atoms with Crippen LogP contribution in [0.25, 0.3) is 5.65 Å². The molecule has 5 rings (SSSR count). The Bertz CT molecular complexity index is 1500. The Hall–Kier alpha value is -4.01. The van der Waals surface area contributed by atoms with Crippen molar-refractivity contribution in [2.45, 2.75) is 31.5 Å². The minimum Gasteiger partial charge on any atom is -0.326 e. The van der Waals surface area contributed by atoms with Crippen molar-refractivity contribution in [2.24, 2.45) is 5.92 Å². The molecule has 1 aliphatic carbocycles. The van der Waals surface area contributed by atoms with Crippen molar-refractivity contribution in [1.29, 1.82) is 0 Å². The normalized spacial score (nSPS) is 18.7. The summed E-state index contributed by atoms with van der Waals surface area (Å²) in [7, 11) is 4.07. The van der Waals surface area contributed by atoms with Crippen molar-refractivity contribution in [1.82, 2.24) is 34.7 Å². The maximum absolute atomic E-state index is 14.1. The van der Waals surface area contributed by atoms with Gasteiger partial charge in [-0.25, -0.2) is 9.50 Å². The third-order valence-electron chi connectivity index (χ3n) is 7.35. The van der Waals surface area contributed by atoms with Crippen molar-refractivity contribution in [3.8, 4) is 11.8 Å². The minimum atomic E-state index is -4.41. The number of aromatic nitrogens is 4. The second-order valence-electron chi connectivity index (χ2n) is 10.3. The van der Waals surface area contributed by atoms with Crippen LogP contribution in [0, 0.1) is 17.8 Å². The van der Waals surface area contributed by atoms with E-state index in [0.717, 1.165) is 25.9 Å². The number of pyridine rings is 1. The Kier molecular flexibility index (Phi) is 8.00. The molecule has 1 aliphatic heterocycles. The third kappa shape index (κ3) is 6.41. The van der Waals surface area contributed by atoms with E-state index in [4.69, 9.17) is 0 Å². The second kappa shape index (κ2) is 11.6. The van der Waals surface area contributed by atoms with Crippen LogP contribution >= 0.6 is 0 Å². The van der Waals surface area contributed by atoms with Crippen LogP contribution in [0.2, 0.25) is 0 Å². The number of hydrogen-bond acceptors (Lipinski definition) is 6. The van der Waals surface area contributed by atoms with Crippen molar-refractivity contribution >= 4 is 11.6 Å². The van der Waals surface area contributed by atoms with Gasteiger partial charge in [0.1, 0.15) is 5.69 Å². The summed E-state index contributed by atoms with van der Waals surface area (Å²) >= 11 is 0. The lowest BCUT2D eigenvalue weighted by atomic mass is 9.88. The number of amides is 1. The number of allylic oxidation sites excluding steroid dienone is 3. The zero-order valence-electron chi connectivity index (χ0n) is 22.3. The lowest BCUT2D eigenvalue weighted by molar-refractivity contribution is -0.165. The highest BCUT2D eigenvalue weighted by atomic mass is 19.4. The maximum atomic E-state index is 14.1. The summed E-state index contributed by atoms with van der Waals surface area (Å²) in [5.74, 6) is 3.73. The van der Waals surface area contributed by atoms with Gasteiger partial charge in [-0.3, -0.25) is 14.7 Å². The van der Waals surface area contributed by atoms with Gasteiger partial charge in [-0.1, -0.05) is 12.0 Å². The molecule has 1 atom stereocenters. The first-order valence-corrected chi connectivity index (χ1v) is 13.1. The van der Waals surface area contributed by atoms with Gasteiger partial charge in [0.05, 0.1) is 17.7 Å². The molecule has 1 N–H and O–H groups in total. The standard InChI is InChI=1S/C29H30F3N7O/c1-37(2)24-9-12-38(13-10-24)19-21-6-7-23(15-26(21)29(30,31)32)36-28(40)22-14-20(16-33-17-22)5-8-25-18-34-27-4-3-11-35-39(25)27/h3-4,6-7,11,14,16-18,24,26H,9-10,12-13,15,19H2,1-2H3,(H,36,40). The minimum absolute atomic E-state index is 0.200. The van der Waals surface area contributed by atoms with E-state index in [1.54, 1.807) is 41.2 Å². The molecule has 2 aliphatic rings. The molecule has 4 heterocycles. The number of rotatable bonds is 5. The van der Waals surface area contributed by atoms with E-state index in [1.807, 2.05) is 14.1 Å². The molecule has 208 valence electrons. The van der Waals surface area contributed by atoms with Gasteiger partial charge in [0.2, 0.25) is 0 Å². The molecule has 1 unspecified atom stereocenters. The number of imidazole rings is 1. The molecule has 0 bridgehead atoms. The summed E-state index contributed by atoms with van der Waals surface area (Å²) in [5, 5.41) is 6.86. The molecule has 40 heavy (non-hydrogen) atoms. The second-order valence-corrected chi connectivity index (χ2v) is 10.3. The van der Waals surface area contributed by atoms with E-state index >= 15 is 0 Å². The molecule has 11 heteroatoms. The lowest BCUT2D eigenvalue weighted by Gasteiger charge is -2.37. The van der Waals surface area contributed by atoms with E-state index < -0.39 is 18.0 Å². The number of halogens is 3. The molecule has 8 nitrogen and oxygen atoms in total. The van der Waals surface area contributed by atoms with Gasteiger partial charge < -0.3 is 10.2 Å². The van der Waals surface area contributed by atoms with E-state index in [0.29, 0.717) is 28.5 Å². The van der Waals surface area contributed by atoms with E-state index in [1.165, 1.54) is 18.5 Å². The number of fused-ring (bicyclic) bond motifs is 1. The number of alkyl halides is 3. The SMILES string of the molecule is CN(C)C1CCN(CC2=CC=C(NC(=O)c3cncc(C#Cc4cnc5cccnn45)c3)CC2C(F)(F)F)CC1. The zero-order valence-corrected chi connectivity index (χ0v) is 22.3. The van der Waals surface area contributed by atoms with Gasteiger partial charge in [0, 0.05) is 48.9 Å². The van der Waals surface area contributed by atoms with Crippen molar-refractivity contribution in [2.75, 3.05) is 33.7 Å². The quantitative estimate of drug-likeness (QED) is 0.490. The smallest absolute Gasteiger partial charge is 0.326 e. The first-order chi connectivity index (χ1) is 19.2. The fraction of sp³-hybridized carbons (Fsp3) is 0.379. The molecule has 3 aromatic rings. The number of likely N-dealkylation sites (tertiary alicyclic amines) is 1. The number of carbonyl (C=O) groups is 1. The van der Waals surface area contributed by atoms with E-state index in [-0.39, 0.29) is 24.2 Å². The van der Waals surface area contributed by atoms with Crippen LogP contribution in [0.4, 0.5) is 13.2 Å². The van der Waals surface area contributed by atoms with Crippen LogP contribution < -0.4 is 5.32 Å². The largest absolute Gasteiger partial charge is 0.395 e. The fourth-order valence-corrected chi connectivity index (χ4v) is 5.08. The number of hydrogen-bond donors (Lipinski definition) is 1. The summed E-state index contributed by atoms with van der Waals surface area (Å²) < 4.78 is 43.8. The first kappa shape index (κ1) is 27.6. The predicted octanol–water partition coefficient (Wildman–Crippen LogP) is 3.67. The van der Waals surface area contributed by atoms with Crippen molar-refractivity contribution < 1.29 is 18.0 Å². The van der Waals surface area contributed by atoms with Crippen molar-refractivity contribution in [3.05, 3.63) is 83.2 Å². The van der Waals surface area contributed by atoms with Crippen LogP contribution in [0.5, 0.6) is 0 Å². The monoisotopic (exact) mass is 549 g/mol. The highest BCUT2D eigenvalue weighted by Crippen LogP contribution is 2.39. The average Bonchev–Trinajstić information content (AvgIpc) is 3.36. The molecule has 1 amide bonds. The van der Waals surface area contributed by atoms with Gasteiger partial charge in [-0.15, -0.1) is 0 Å². The molecule has 3 aromatic heterocycles. The molecular formula is C29H30F3N7O. The first-order valence-electron chi connectivity index (χ1n) is 13.1. The van der Waals surface area contributed by atoms with E-state index in [9.17, 15) is 18.0 Å². The van der Waals surface area contributed by atoms with Crippen LogP contribution in [-0.4, -0.2) is 81.2 Å². The maximum Gasteiger partial charge on any atom is 0.395 e. The highest BCUT2D eigenvalue weighted by Gasteiger charge is 2.43. The third-order valence-corrected chi connectivity index (χ3v) is 7.35. The number of carbonyl (C=O) groups excluding carboxylic acids is 1. The van der Waals surface area contributed by atoms with E-state index in [2.05, 4.69) is 42.0 Å². The molecule has 1 saturated heterocycles. The lowest BCUT2D eigenvalue weighted by Crippen LogP contribution is -2.44. The topological polar surface area (TPSA) is 78.7 Å². The Morgan fingerprint density at radius 2 is 1.95 bits per heavy atom. The number of nitrogens with zero attached hydrogens (tertiary/aromatic N) is 6. The molecule has 0 saturated carbocycles. The summed E-state index contributed by atoms with van der Waals surface area (Å²) in [4.78, 5) is 25.5. The predicted molar refractivity (Wildman–Crippen MR) is 144 cm³/mol. The molecule has 1 fully saturated rings. The molecule has 0 spiro atoms. The van der Waals surface area contributed by atoms with Gasteiger partial charge in [-0.2, -0.15) is 18.3 Å². The average molecular weight is 550 g/mol. The Morgan fingerprint density at radius 1 is 1.15 bits per heavy atom. The van der Waals surface area contributed by atoms with Crippen molar-refractivity contribution in [3.63, 3.8) is 0 Å². The number of nitrogens with one attached hydrogen (secondary N) is 1. The molecular weight excluding hydrogens is 519 g/mol. The fourth-order valence-electron chi connectivity index (χ4n) is 5.08. The Morgan fingerprint density at radius 3 is 2.70 bits per heavy atom. The number of piperidine rings is 1. The summed E-state index contributed by atoms with van der Waals surface area (Å²) in [5.41, 5.74) is 2.45. The Balaban J connectivity index is 1.27. The van der Waals surface area contributed by atoms with Crippen LogP contribution in [0.1, 0.15) is 40.9 Å². The summed E-state index contributed by atoms with van der Waals surface area (Å²) in [6.45, 7) is 1.80. The highest BCUT2D eigenvalue weighted by molar-refractivity contribution is 5.95. The Labute approximate surface area is 230 Å². The summed E-state index contributed by atoms with van der Waals surface area (Å²) in [6, 6.07) is 5.59. The van der Waals surface area contributed by atoms with Gasteiger partial charge >= 0.3 is 6.18 Å². The summed E-state index contributed by atoms with van der Waals surface area (Å²) in [6.07, 6.45) is 6.32. The van der Waals surface area contributed by atoms with Crippen LogP contribution in [0.3, 0.4) is 0 Å².